The molecule has 6 nitrogen and oxygen atoms in total. The molecule has 1 N–H and O–H groups in total. The van der Waals surface area contributed by atoms with Gasteiger partial charge in [0.1, 0.15) is 5.75 Å². The highest BCUT2D eigenvalue weighted by Crippen LogP contribution is 2.45. The molecule has 0 bridgehead atoms. The Hall–Kier alpha value is -4.55. The summed E-state index contributed by atoms with van der Waals surface area (Å²) < 4.78 is 6.94. The first-order valence-corrected chi connectivity index (χ1v) is 13.9. The van der Waals surface area contributed by atoms with Crippen LogP contribution in [0.5, 0.6) is 5.75 Å². The number of pyridine rings is 1. The van der Waals surface area contributed by atoms with E-state index in [1.807, 2.05) is 67.6 Å². The number of carbonyl (C=O) groups is 1. The second-order valence-electron chi connectivity index (χ2n) is 10.4. The van der Waals surface area contributed by atoms with Crippen molar-refractivity contribution in [1.82, 2.24) is 9.47 Å². The first-order chi connectivity index (χ1) is 19.9. The van der Waals surface area contributed by atoms with E-state index >= 15 is 0 Å². The molecule has 7 heteroatoms. The van der Waals surface area contributed by atoms with Crippen molar-refractivity contribution in [1.29, 1.82) is 0 Å². The minimum absolute atomic E-state index is 0.127. The van der Waals surface area contributed by atoms with Crippen LogP contribution in [0.2, 0.25) is 5.02 Å². The summed E-state index contributed by atoms with van der Waals surface area (Å²) in [4.78, 5) is 28.3. The van der Waals surface area contributed by atoms with E-state index in [1.165, 1.54) is 4.90 Å². The van der Waals surface area contributed by atoms with Crippen LogP contribution in [-0.4, -0.2) is 34.3 Å². The second kappa shape index (κ2) is 10.8. The molecule has 4 aromatic carbocycles. The van der Waals surface area contributed by atoms with Gasteiger partial charge < -0.3 is 14.4 Å². The molecule has 1 unspecified atom stereocenters. The number of halogens is 1. The Kier molecular flexibility index (Phi) is 7.01. The van der Waals surface area contributed by atoms with Crippen molar-refractivity contribution >= 4 is 28.5 Å². The topological polar surface area (TPSA) is 71.8 Å². The fourth-order valence-electron chi connectivity index (χ4n) is 6.01. The highest BCUT2D eigenvalue weighted by Gasteiger charge is 2.34. The van der Waals surface area contributed by atoms with Crippen molar-refractivity contribution in [3.63, 3.8) is 0 Å². The number of carboxylic acid groups (broad SMARTS) is 1. The molecule has 0 saturated carbocycles. The first-order valence-electron chi connectivity index (χ1n) is 13.5. The van der Waals surface area contributed by atoms with Crippen LogP contribution in [0.3, 0.4) is 0 Å². The Morgan fingerprint density at radius 1 is 0.951 bits per heavy atom. The molecule has 0 saturated heterocycles. The SMILES string of the molecule is COc1ccc(Cn2c(C(C)N(CC3c4ccccc4-c4ccccc43)C(=O)O)cc3cccc(Cl)c3c2=O)cc1. The Morgan fingerprint density at radius 2 is 1.59 bits per heavy atom. The zero-order valence-corrected chi connectivity index (χ0v) is 23.5. The maximum absolute atomic E-state index is 14.0. The molecular formula is C34H29ClN2O4. The lowest BCUT2D eigenvalue weighted by atomic mass is 9.95. The van der Waals surface area contributed by atoms with E-state index < -0.39 is 12.1 Å². The van der Waals surface area contributed by atoms with Gasteiger partial charge in [0.05, 0.1) is 30.1 Å². The third kappa shape index (κ3) is 4.74. The number of methoxy groups -OCH3 is 1. The number of ether oxygens (including phenoxy) is 1. The van der Waals surface area contributed by atoms with Crippen LogP contribution in [-0.2, 0) is 6.54 Å². The van der Waals surface area contributed by atoms with Gasteiger partial charge in [-0.15, -0.1) is 0 Å². The zero-order chi connectivity index (χ0) is 28.7. The van der Waals surface area contributed by atoms with E-state index in [2.05, 4.69) is 24.3 Å². The molecule has 206 valence electrons. The molecule has 0 radical (unpaired) electrons. The molecule has 1 atom stereocenters. The average Bonchev–Trinajstić information content (AvgIpc) is 3.30. The molecule has 1 aromatic heterocycles. The van der Waals surface area contributed by atoms with Gasteiger partial charge in [-0.2, -0.15) is 0 Å². The Morgan fingerprint density at radius 3 is 2.20 bits per heavy atom. The average molecular weight is 565 g/mol. The van der Waals surface area contributed by atoms with Crippen molar-refractivity contribution in [3.8, 4) is 16.9 Å². The van der Waals surface area contributed by atoms with Gasteiger partial charge in [-0.05, 0) is 64.4 Å². The summed E-state index contributed by atoms with van der Waals surface area (Å²) >= 11 is 6.50. The quantitative estimate of drug-likeness (QED) is 0.221. The number of nitrogens with zero attached hydrogens (tertiary/aromatic N) is 2. The molecule has 6 rings (SSSR count). The Balaban J connectivity index is 1.45. The number of rotatable bonds is 7. The maximum Gasteiger partial charge on any atom is 0.407 e. The summed E-state index contributed by atoms with van der Waals surface area (Å²) in [5.74, 6) is 0.586. The molecule has 1 heterocycles. The van der Waals surface area contributed by atoms with Gasteiger partial charge in [0.15, 0.2) is 0 Å². The molecule has 41 heavy (non-hydrogen) atoms. The lowest BCUT2D eigenvalue weighted by Gasteiger charge is -2.32. The van der Waals surface area contributed by atoms with Gasteiger partial charge >= 0.3 is 6.09 Å². The smallest absolute Gasteiger partial charge is 0.407 e. The monoisotopic (exact) mass is 564 g/mol. The summed E-state index contributed by atoms with van der Waals surface area (Å²) in [7, 11) is 1.60. The third-order valence-corrected chi connectivity index (χ3v) is 8.42. The molecule has 1 aliphatic carbocycles. The van der Waals surface area contributed by atoms with Crippen LogP contribution in [0.4, 0.5) is 4.79 Å². The van der Waals surface area contributed by atoms with Crippen LogP contribution >= 0.6 is 11.6 Å². The molecule has 1 aliphatic rings. The van der Waals surface area contributed by atoms with Crippen LogP contribution in [0.1, 0.15) is 41.3 Å². The second-order valence-corrected chi connectivity index (χ2v) is 10.8. The van der Waals surface area contributed by atoms with E-state index in [0.717, 1.165) is 27.8 Å². The number of hydrogen-bond donors (Lipinski definition) is 1. The summed E-state index contributed by atoms with van der Waals surface area (Å²) in [5, 5.41) is 12.0. The lowest BCUT2D eigenvalue weighted by Crippen LogP contribution is -2.38. The van der Waals surface area contributed by atoms with Crippen LogP contribution in [0.25, 0.3) is 21.9 Å². The highest BCUT2D eigenvalue weighted by atomic mass is 35.5. The number of fused-ring (bicyclic) bond motifs is 4. The van der Waals surface area contributed by atoms with E-state index in [0.29, 0.717) is 27.2 Å². The Bertz CT molecular complexity index is 1780. The highest BCUT2D eigenvalue weighted by molar-refractivity contribution is 6.35. The summed E-state index contributed by atoms with van der Waals surface area (Å²) in [6, 6.07) is 30.4. The van der Waals surface area contributed by atoms with Crippen LogP contribution in [0, 0.1) is 0 Å². The molecule has 0 aliphatic heterocycles. The van der Waals surface area contributed by atoms with Gasteiger partial charge in [-0.25, -0.2) is 4.79 Å². The molecule has 1 amide bonds. The number of hydrogen-bond acceptors (Lipinski definition) is 3. The fourth-order valence-corrected chi connectivity index (χ4v) is 6.28. The number of aromatic nitrogens is 1. The predicted molar refractivity (Wildman–Crippen MR) is 162 cm³/mol. The van der Waals surface area contributed by atoms with Gasteiger partial charge in [-0.1, -0.05) is 84.4 Å². The van der Waals surface area contributed by atoms with Gasteiger partial charge in [0, 0.05) is 18.2 Å². The molecular weight excluding hydrogens is 536 g/mol. The van der Waals surface area contributed by atoms with Crippen LogP contribution in [0.15, 0.2) is 102 Å². The molecule has 0 spiro atoms. The van der Waals surface area contributed by atoms with Gasteiger partial charge in [0.2, 0.25) is 0 Å². The zero-order valence-electron chi connectivity index (χ0n) is 22.8. The minimum atomic E-state index is -1.05. The van der Waals surface area contributed by atoms with E-state index in [1.54, 1.807) is 23.8 Å². The van der Waals surface area contributed by atoms with Gasteiger partial charge in [0.25, 0.3) is 5.56 Å². The third-order valence-electron chi connectivity index (χ3n) is 8.10. The first kappa shape index (κ1) is 26.7. The standard InChI is InChI=1S/C34H29ClN2O4/c1-21(36(34(39)40)20-29-27-11-5-3-9-25(27)26-10-4-6-12-28(26)29)31-18-23-8-7-13-30(35)32(23)33(38)37(31)19-22-14-16-24(41-2)17-15-22/h3-18,21,29H,19-20H2,1-2H3,(H,39,40). The van der Waals surface area contributed by atoms with Gasteiger partial charge in [-0.3, -0.25) is 9.69 Å². The fraction of sp³-hybridized carbons (Fsp3) is 0.176. The Labute approximate surface area is 243 Å². The van der Waals surface area contributed by atoms with Crippen molar-refractivity contribution in [3.05, 3.63) is 135 Å². The summed E-state index contributed by atoms with van der Waals surface area (Å²) in [6.07, 6.45) is -1.05. The lowest BCUT2D eigenvalue weighted by molar-refractivity contribution is 0.124. The predicted octanol–water partition coefficient (Wildman–Crippen LogP) is 7.57. The van der Waals surface area contributed by atoms with Crippen molar-refractivity contribution < 1.29 is 14.6 Å². The normalized spacial score (nSPS) is 13.0. The van der Waals surface area contributed by atoms with Crippen molar-refractivity contribution in [2.75, 3.05) is 13.7 Å². The van der Waals surface area contributed by atoms with E-state index in [4.69, 9.17) is 16.3 Å². The molecule has 5 aromatic rings. The summed E-state index contributed by atoms with van der Waals surface area (Å²) in [5.41, 5.74) is 5.69. The largest absolute Gasteiger partial charge is 0.497 e. The summed E-state index contributed by atoms with van der Waals surface area (Å²) in [6.45, 7) is 2.34. The van der Waals surface area contributed by atoms with Crippen molar-refractivity contribution in [2.45, 2.75) is 25.4 Å². The number of benzene rings is 4. The molecule has 0 fully saturated rings. The van der Waals surface area contributed by atoms with E-state index in [9.17, 15) is 14.7 Å². The van der Waals surface area contributed by atoms with E-state index in [-0.39, 0.29) is 24.6 Å². The number of amides is 1. The van der Waals surface area contributed by atoms with Crippen LogP contribution < -0.4 is 10.3 Å². The maximum atomic E-state index is 14.0. The van der Waals surface area contributed by atoms with Crippen molar-refractivity contribution in [2.24, 2.45) is 0 Å². The minimum Gasteiger partial charge on any atom is -0.497 e.